The summed E-state index contributed by atoms with van der Waals surface area (Å²) in [4.78, 5) is 27.0. The fourth-order valence-electron chi connectivity index (χ4n) is 3.76. The van der Waals surface area contributed by atoms with Gasteiger partial charge in [0.15, 0.2) is 11.5 Å². The molecule has 0 aromatic heterocycles. The van der Waals surface area contributed by atoms with Crippen LogP contribution in [0.25, 0.3) is 6.08 Å². The molecule has 0 bridgehead atoms. The van der Waals surface area contributed by atoms with E-state index in [1.807, 2.05) is 30.3 Å². The van der Waals surface area contributed by atoms with E-state index in [2.05, 4.69) is 6.58 Å². The van der Waals surface area contributed by atoms with Crippen LogP contribution in [0.5, 0.6) is 17.2 Å². The first-order chi connectivity index (χ1) is 18.4. The van der Waals surface area contributed by atoms with Crippen molar-refractivity contribution in [3.8, 4) is 17.2 Å². The Morgan fingerprint density at radius 1 is 0.974 bits per heavy atom. The third kappa shape index (κ3) is 6.92. The van der Waals surface area contributed by atoms with E-state index in [0.29, 0.717) is 50.8 Å². The Bertz CT molecular complexity index is 1360. The van der Waals surface area contributed by atoms with E-state index in [9.17, 15) is 9.59 Å². The minimum atomic E-state index is -0.369. The lowest BCUT2D eigenvalue weighted by Crippen LogP contribution is -2.32. The number of nitrogens with zero attached hydrogens (tertiary/aromatic N) is 1. The molecule has 0 saturated carbocycles. The lowest BCUT2D eigenvalue weighted by atomic mass is 10.0. The van der Waals surface area contributed by atoms with Gasteiger partial charge in [-0.05, 0) is 83.9 Å². The number of carbonyl (C=O) groups excluding carboxylic acids is 2. The second kappa shape index (κ2) is 12.9. The quantitative estimate of drug-likeness (QED) is 0.177. The molecule has 0 aliphatic carbocycles. The van der Waals surface area contributed by atoms with E-state index in [4.69, 9.17) is 37.4 Å². The van der Waals surface area contributed by atoms with Crippen molar-refractivity contribution in [2.24, 2.45) is 0 Å². The number of imide groups is 1. The van der Waals surface area contributed by atoms with Gasteiger partial charge in [0.1, 0.15) is 19.0 Å². The maximum Gasteiger partial charge on any atom is 0.293 e. The van der Waals surface area contributed by atoms with Gasteiger partial charge in [-0.15, -0.1) is 6.58 Å². The molecule has 0 spiro atoms. The zero-order valence-electron chi connectivity index (χ0n) is 20.6. The van der Waals surface area contributed by atoms with Crippen molar-refractivity contribution in [1.82, 2.24) is 4.90 Å². The number of thioether (sulfide) groups is 1. The lowest BCUT2D eigenvalue weighted by molar-refractivity contribution is -0.123. The zero-order chi connectivity index (χ0) is 27.1. The van der Waals surface area contributed by atoms with Crippen LogP contribution in [-0.4, -0.2) is 36.3 Å². The van der Waals surface area contributed by atoms with E-state index in [1.165, 1.54) is 4.90 Å². The molecular weight excluding hydrogens is 545 g/mol. The Morgan fingerprint density at radius 2 is 1.66 bits per heavy atom. The third-order valence-electron chi connectivity index (χ3n) is 5.60. The molecule has 4 rings (SSSR count). The second-order valence-electron chi connectivity index (χ2n) is 8.26. The Kier molecular flexibility index (Phi) is 9.39. The molecule has 38 heavy (non-hydrogen) atoms. The molecule has 1 saturated heterocycles. The molecule has 1 aliphatic heterocycles. The summed E-state index contributed by atoms with van der Waals surface area (Å²) in [5.74, 6) is 1.34. The molecule has 6 nitrogen and oxygen atoms in total. The summed E-state index contributed by atoms with van der Waals surface area (Å²) in [6.45, 7) is 4.48. The average Bonchev–Trinajstić information content (AvgIpc) is 3.17. The SMILES string of the molecule is C=CCc1cc(/C=C2\SC(=O)N(CCOc3ccc(Cl)cc3)C2=O)cc(OC)c1OCc1ccc(Cl)cc1. The van der Waals surface area contributed by atoms with Crippen molar-refractivity contribution in [1.29, 1.82) is 0 Å². The molecule has 196 valence electrons. The van der Waals surface area contributed by atoms with E-state index >= 15 is 0 Å². The summed E-state index contributed by atoms with van der Waals surface area (Å²) < 4.78 is 17.4. The van der Waals surface area contributed by atoms with Gasteiger partial charge < -0.3 is 14.2 Å². The van der Waals surface area contributed by atoms with Gasteiger partial charge >= 0.3 is 0 Å². The van der Waals surface area contributed by atoms with Crippen LogP contribution < -0.4 is 14.2 Å². The van der Waals surface area contributed by atoms with E-state index < -0.39 is 0 Å². The van der Waals surface area contributed by atoms with Gasteiger partial charge in [-0.2, -0.15) is 0 Å². The number of halogens is 2. The van der Waals surface area contributed by atoms with Crippen molar-refractivity contribution >= 4 is 52.2 Å². The average molecular weight is 570 g/mol. The third-order valence-corrected chi connectivity index (χ3v) is 7.01. The highest BCUT2D eigenvalue weighted by molar-refractivity contribution is 8.18. The molecule has 1 fully saturated rings. The number of hydrogen-bond donors (Lipinski definition) is 0. The van der Waals surface area contributed by atoms with Gasteiger partial charge in [0.25, 0.3) is 11.1 Å². The lowest BCUT2D eigenvalue weighted by Gasteiger charge is -2.16. The minimum absolute atomic E-state index is 0.132. The number of amides is 2. The molecular formula is C29H25Cl2NO5S. The number of carbonyl (C=O) groups is 2. The Hall–Kier alpha value is -3.39. The van der Waals surface area contributed by atoms with Crippen molar-refractivity contribution in [3.05, 3.63) is 105 Å². The molecule has 2 amide bonds. The largest absolute Gasteiger partial charge is 0.493 e. The smallest absolute Gasteiger partial charge is 0.293 e. The van der Waals surface area contributed by atoms with Gasteiger partial charge in [-0.1, -0.05) is 41.4 Å². The number of methoxy groups -OCH3 is 1. The molecule has 0 radical (unpaired) electrons. The topological polar surface area (TPSA) is 65.1 Å². The van der Waals surface area contributed by atoms with Crippen LogP contribution in [0.1, 0.15) is 16.7 Å². The van der Waals surface area contributed by atoms with Crippen LogP contribution in [0.15, 0.2) is 78.2 Å². The van der Waals surface area contributed by atoms with E-state index in [-0.39, 0.29) is 24.3 Å². The van der Waals surface area contributed by atoms with Crippen LogP contribution in [0.4, 0.5) is 4.79 Å². The Labute approximate surface area is 235 Å². The fourth-order valence-corrected chi connectivity index (χ4v) is 4.87. The van der Waals surface area contributed by atoms with Crippen LogP contribution >= 0.6 is 35.0 Å². The minimum Gasteiger partial charge on any atom is -0.493 e. The zero-order valence-corrected chi connectivity index (χ0v) is 22.9. The summed E-state index contributed by atoms with van der Waals surface area (Å²) in [5, 5.41) is 0.908. The van der Waals surface area contributed by atoms with Crippen LogP contribution in [-0.2, 0) is 17.8 Å². The van der Waals surface area contributed by atoms with Gasteiger partial charge in [0.05, 0.1) is 18.6 Å². The number of hydrogen-bond acceptors (Lipinski definition) is 6. The number of benzene rings is 3. The second-order valence-corrected chi connectivity index (χ2v) is 10.1. The monoisotopic (exact) mass is 569 g/mol. The standard InChI is InChI=1S/C29H25Cl2NO5S/c1-3-4-21-15-20(16-25(35-2)27(21)37-18-19-5-7-22(30)8-6-19)17-26-28(33)32(29(34)38-26)13-14-36-24-11-9-23(31)10-12-24/h3,5-12,15-17H,1,4,13-14,18H2,2H3/b26-17-. The van der Waals surface area contributed by atoms with Gasteiger partial charge in [-0.3, -0.25) is 14.5 Å². The van der Waals surface area contributed by atoms with Gasteiger partial charge in [0, 0.05) is 15.6 Å². The van der Waals surface area contributed by atoms with Crippen LogP contribution in [0.3, 0.4) is 0 Å². The van der Waals surface area contributed by atoms with Crippen molar-refractivity contribution in [2.45, 2.75) is 13.0 Å². The fraction of sp³-hybridized carbons (Fsp3) is 0.172. The Morgan fingerprint density at radius 3 is 2.32 bits per heavy atom. The molecule has 0 N–H and O–H groups in total. The highest BCUT2D eigenvalue weighted by Gasteiger charge is 2.35. The molecule has 1 heterocycles. The molecule has 3 aromatic carbocycles. The predicted molar refractivity (Wildman–Crippen MR) is 152 cm³/mol. The number of rotatable bonds is 11. The first kappa shape index (κ1) is 27.6. The van der Waals surface area contributed by atoms with Gasteiger partial charge in [-0.25, -0.2) is 0 Å². The van der Waals surface area contributed by atoms with Crippen LogP contribution in [0.2, 0.25) is 10.0 Å². The highest BCUT2D eigenvalue weighted by atomic mass is 35.5. The first-order valence-corrected chi connectivity index (χ1v) is 13.3. The van der Waals surface area contributed by atoms with E-state index in [1.54, 1.807) is 49.6 Å². The molecule has 0 atom stereocenters. The number of allylic oxidation sites excluding steroid dienone is 1. The molecule has 3 aromatic rings. The summed E-state index contributed by atoms with van der Waals surface area (Å²) in [5.41, 5.74) is 2.51. The summed E-state index contributed by atoms with van der Waals surface area (Å²) in [6.07, 6.45) is 3.98. The molecule has 9 heteroatoms. The van der Waals surface area contributed by atoms with Crippen molar-refractivity contribution < 1.29 is 23.8 Å². The summed E-state index contributed by atoms with van der Waals surface area (Å²) in [6, 6.07) is 18.0. The summed E-state index contributed by atoms with van der Waals surface area (Å²) in [7, 11) is 1.56. The number of ether oxygens (including phenoxy) is 3. The highest BCUT2D eigenvalue weighted by Crippen LogP contribution is 2.37. The first-order valence-electron chi connectivity index (χ1n) is 11.7. The normalized spacial score (nSPS) is 14.2. The summed E-state index contributed by atoms with van der Waals surface area (Å²) >= 11 is 12.8. The Balaban J connectivity index is 1.49. The van der Waals surface area contributed by atoms with Crippen molar-refractivity contribution in [3.63, 3.8) is 0 Å². The molecule has 1 aliphatic rings. The van der Waals surface area contributed by atoms with E-state index in [0.717, 1.165) is 22.9 Å². The van der Waals surface area contributed by atoms with Gasteiger partial charge in [0.2, 0.25) is 0 Å². The van der Waals surface area contributed by atoms with Crippen LogP contribution in [0, 0.1) is 0 Å². The maximum absolute atomic E-state index is 13.0. The maximum atomic E-state index is 13.0. The van der Waals surface area contributed by atoms with Crippen molar-refractivity contribution in [2.75, 3.05) is 20.3 Å². The predicted octanol–water partition coefficient (Wildman–Crippen LogP) is 7.42. The molecule has 0 unspecified atom stereocenters.